The fraction of sp³-hybridized carbons (Fsp3) is 0.286. The van der Waals surface area contributed by atoms with Crippen molar-refractivity contribution < 1.29 is 18.0 Å². The maximum atomic E-state index is 12.9. The van der Waals surface area contributed by atoms with Crippen molar-refractivity contribution in [2.75, 3.05) is 5.73 Å². The first-order valence-electron chi connectivity index (χ1n) is 10.8. The van der Waals surface area contributed by atoms with Crippen LogP contribution in [0.1, 0.15) is 25.7 Å². The molecule has 1 aliphatic carbocycles. The lowest BCUT2D eigenvalue weighted by Crippen LogP contribution is -2.27. The molecule has 15 heteroatoms. The van der Waals surface area contributed by atoms with Gasteiger partial charge in [0.05, 0.1) is 16.6 Å². The monoisotopic (exact) mass is 529 g/mol. The number of sulfonamides is 1. The Kier molecular flexibility index (Phi) is 7.47. The normalized spacial score (nSPS) is 17.8. The summed E-state index contributed by atoms with van der Waals surface area (Å²) in [6, 6.07) is 9.33. The van der Waals surface area contributed by atoms with Crippen LogP contribution in [-0.2, 0) is 19.6 Å². The van der Waals surface area contributed by atoms with E-state index < -0.39 is 10.0 Å². The summed E-state index contributed by atoms with van der Waals surface area (Å²) in [7, 11) is -4.15. The van der Waals surface area contributed by atoms with E-state index in [4.69, 9.17) is 26.2 Å². The summed E-state index contributed by atoms with van der Waals surface area (Å²) in [6.07, 6.45) is 3.86. The van der Waals surface area contributed by atoms with Gasteiger partial charge in [-0.2, -0.15) is 14.8 Å². The number of carbonyl (C=O) groups excluding carboxylic acids is 2. The van der Waals surface area contributed by atoms with Crippen LogP contribution in [0.15, 0.2) is 40.1 Å². The van der Waals surface area contributed by atoms with Gasteiger partial charge in [0.25, 0.3) is 0 Å². The number of thioether (sulfide) groups is 1. The minimum absolute atomic E-state index is 0.0261. The van der Waals surface area contributed by atoms with Crippen LogP contribution in [-0.4, -0.2) is 56.5 Å². The number of H-pyrrole nitrogens is 2. The van der Waals surface area contributed by atoms with E-state index in [0.717, 1.165) is 31.2 Å². The van der Waals surface area contributed by atoms with Crippen molar-refractivity contribution in [1.82, 2.24) is 30.6 Å². The Balaban J connectivity index is 0.000000967. The Labute approximate surface area is 209 Å². The molecule has 36 heavy (non-hydrogen) atoms. The van der Waals surface area contributed by atoms with E-state index in [0.29, 0.717) is 21.5 Å². The Morgan fingerprint density at radius 2 is 1.78 bits per heavy atom. The van der Waals surface area contributed by atoms with Gasteiger partial charge < -0.3 is 16.5 Å². The first kappa shape index (κ1) is 25.5. The number of imidazole rings is 1. The molecule has 0 atom stereocenters. The standard InChI is InChI=1S/C20H23N9O2S2.CO2/c21-10-4-6-11(7-5-10)32-15-9-8-12(13-2-1-3-14-17(13)25-20(22)24-14)16(18(15)33(23,30)31)19-26-28-29-27-19;2-1-3/h1-3,8-11H,4-7,21H2,(H3,22,24,25)(H2,23,30,31)(H,26,27,28,29);. The number of aromatic amines is 2. The fourth-order valence-corrected chi connectivity index (χ4v) is 6.86. The van der Waals surface area contributed by atoms with E-state index in [1.54, 1.807) is 6.07 Å². The van der Waals surface area contributed by atoms with E-state index in [1.165, 1.54) is 11.8 Å². The number of hydrogen-bond acceptors (Lipinski definition) is 11. The molecule has 0 aliphatic heterocycles. The number of benzene rings is 2. The number of fused-ring (bicyclic) bond motifs is 1. The minimum atomic E-state index is -4.15. The van der Waals surface area contributed by atoms with Crippen molar-refractivity contribution >= 4 is 44.9 Å². The Bertz CT molecular complexity index is 1510. The Morgan fingerprint density at radius 3 is 2.42 bits per heavy atom. The number of nitrogens with two attached hydrogens (primary N) is 3. The second-order valence-electron chi connectivity index (χ2n) is 8.16. The topological polar surface area (TPSA) is 229 Å². The first-order chi connectivity index (χ1) is 17.2. The first-order valence-corrected chi connectivity index (χ1v) is 13.2. The second kappa shape index (κ2) is 10.6. The van der Waals surface area contributed by atoms with E-state index in [1.807, 2.05) is 24.3 Å². The van der Waals surface area contributed by atoms with Crippen LogP contribution >= 0.6 is 11.8 Å². The number of aromatic nitrogens is 6. The zero-order valence-corrected chi connectivity index (χ0v) is 20.5. The third kappa shape index (κ3) is 5.29. The SMILES string of the molecule is Nc1nc2c(-c3ccc(SC4CCC(N)CC4)c(S(N)(=O)=O)c3-c3nn[nH]n3)cccc2[nH]1.O=C=O. The van der Waals surface area contributed by atoms with Crippen molar-refractivity contribution in [3.05, 3.63) is 30.3 Å². The molecule has 2 heterocycles. The number of primary sulfonamides is 1. The van der Waals surface area contributed by atoms with Gasteiger partial charge in [-0.05, 0) is 48.6 Å². The molecule has 1 fully saturated rings. The third-order valence-corrected chi connectivity index (χ3v) is 8.33. The predicted molar refractivity (Wildman–Crippen MR) is 132 cm³/mol. The van der Waals surface area contributed by atoms with Crippen molar-refractivity contribution in [3.8, 4) is 22.5 Å². The van der Waals surface area contributed by atoms with Crippen molar-refractivity contribution in [2.24, 2.45) is 10.9 Å². The molecule has 1 saturated carbocycles. The zero-order valence-electron chi connectivity index (χ0n) is 18.8. The van der Waals surface area contributed by atoms with Crippen molar-refractivity contribution in [1.29, 1.82) is 0 Å². The summed E-state index contributed by atoms with van der Waals surface area (Å²) in [4.78, 5) is 24.2. The van der Waals surface area contributed by atoms with Gasteiger partial charge in [0.15, 0.2) is 5.95 Å². The number of nitrogen functional groups attached to an aromatic ring is 1. The summed E-state index contributed by atoms with van der Waals surface area (Å²) in [6.45, 7) is 0. The Morgan fingerprint density at radius 1 is 1.06 bits per heavy atom. The highest BCUT2D eigenvalue weighted by Crippen LogP contribution is 2.44. The molecule has 0 amide bonds. The summed E-state index contributed by atoms with van der Waals surface area (Å²) >= 11 is 1.50. The average molecular weight is 530 g/mol. The van der Waals surface area contributed by atoms with E-state index in [-0.39, 0.29) is 39.7 Å². The number of tetrazole rings is 1. The van der Waals surface area contributed by atoms with Gasteiger partial charge in [0, 0.05) is 21.8 Å². The number of rotatable bonds is 5. The van der Waals surface area contributed by atoms with Gasteiger partial charge in [0.2, 0.25) is 15.8 Å². The average Bonchev–Trinajstić information content (AvgIpc) is 3.49. The number of anilines is 1. The second-order valence-corrected chi connectivity index (χ2v) is 11.0. The van der Waals surface area contributed by atoms with E-state index in [9.17, 15) is 8.42 Å². The smallest absolute Gasteiger partial charge is 0.369 e. The Hall–Kier alpha value is -3.62. The summed E-state index contributed by atoms with van der Waals surface area (Å²) < 4.78 is 25.9. The molecule has 13 nitrogen and oxygen atoms in total. The predicted octanol–water partition coefficient (Wildman–Crippen LogP) is 1.42. The lowest BCUT2D eigenvalue weighted by molar-refractivity contribution is -0.191. The number of nitrogens with zero attached hydrogens (tertiary/aromatic N) is 4. The highest BCUT2D eigenvalue weighted by molar-refractivity contribution is 8.00. The zero-order chi connectivity index (χ0) is 25.9. The van der Waals surface area contributed by atoms with Crippen molar-refractivity contribution in [3.63, 3.8) is 0 Å². The van der Waals surface area contributed by atoms with Crippen LogP contribution in [0.5, 0.6) is 0 Å². The molecule has 4 aromatic rings. The highest BCUT2D eigenvalue weighted by atomic mass is 32.2. The van der Waals surface area contributed by atoms with Crippen molar-refractivity contribution in [2.45, 2.75) is 46.8 Å². The summed E-state index contributed by atoms with van der Waals surface area (Å²) in [5.74, 6) is 0.385. The van der Waals surface area contributed by atoms with Crippen LogP contribution in [0.2, 0.25) is 0 Å². The fourth-order valence-electron chi connectivity index (χ4n) is 4.31. The summed E-state index contributed by atoms with van der Waals surface area (Å²) in [5, 5.41) is 20.2. The minimum Gasteiger partial charge on any atom is -0.369 e. The van der Waals surface area contributed by atoms with E-state index in [2.05, 4.69) is 30.6 Å². The lowest BCUT2D eigenvalue weighted by Gasteiger charge is -2.26. The molecular formula is C21H23N9O4S2. The van der Waals surface area contributed by atoms with Crippen LogP contribution in [0, 0.1) is 0 Å². The molecular weight excluding hydrogens is 506 g/mol. The highest BCUT2D eigenvalue weighted by Gasteiger charge is 2.29. The number of hydrogen-bond donors (Lipinski definition) is 5. The number of nitrogens with one attached hydrogen (secondary N) is 2. The number of para-hydroxylation sites is 1. The maximum absolute atomic E-state index is 12.9. The molecule has 0 bridgehead atoms. The lowest BCUT2D eigenvalue weighted by atomic mass is 9.96. The van der Waals surface area contributed by atoms with Gasteiger partial charge in [-0.3, -0.25) is 0 Å². The third-order valence-electron chi connectivity index (χ3n) is 5.81. The van der Waals surface area contributed by atoms with Gasteiger partial charge >= 0.3 is 6.15 Å². The maximum Gasteiger partial charge on any atom is 0.373 e. The molecule has 2 aromatic heterocycles. The van der Waals surface area contributed by atoms with Gasteiger partial charge in [-0.15, -0.1) is 22.0 Å². The molecule has 8 N–H and O–H groups in total. The van der Waals surface area contributed by atoms with Crippen LogP contribution in [0.25, 0.3) is 33.5 Å². The molecule has 1 aliphatic rings. The summed E-state index contributed by atoms with van der Waals surface area (Å²) in [5.41, 5.74) is 14.7. The van der Waals surface area contributed by atoms with Gasteiger partial charge in [-0.25, -0.2) is 18.5 Å². The van der Waals surface area contributed by atoms with E-state index >= 15 is 0 Å². The molecule has 0 saturated heterocycles. The van der Waals surface area contributed by atoms with Gasteiger partial charge in [0.1, 0.15) is 4.90 Å². The van der Waals surface area contributed by atoms with Crippen LogP contribution in [0.4, 0.5) is 5.95 Å². The largest absolute Gasteiger partial charge is 0.373 e. The van der Waals surface area contributed by atoms with Crippen LogP contribution < -0.4 is 16.6 Å². The molecule has 2 aromatic carbocycles. The quantitative estimate of drug-likeness (QED) is 0.248. The van der Waals surface area contributed by atoms with Gasteiger partial charge in [-0.1, -0.05) is 18.2 Å². The van der Waals surface area contributed by atoms with Crippen LogP contribution in [0.3, 0.4) is 0 Å². The molecule has 0 spiro atoms. The molecule has 5 rings (SSSR count). The molecule has 0 radical (unpaired) electrons. The molecule has 0 unspecified atom stereocenters. The molecule has 188 valence electrons.